The third-order valence-corrected chi connectivity index (χ3v) is 5.55. The maximum absolute atomic E-state index is 12.5. The number of urea groups is 1. The summed E-state index contributed by atoms with van der Waals surface area (Å²) in [6.45, 7) is 3.49. The lowest BCUT2D eigenvalue weighted by Gasteiger charge is -2.38. The van der Waals surface area contributed by atoms with Crippen molar-refractivity contribution in [2.75, 3.05) is 37.8 Å². The molecule has 0 radical (unpaired) electrons. The van der Waals surface area contributed by atoms with Crippen LogP contribution in [0.25, 0.3) is 0 Å². The van der Waals surface area contributed by atoms with Crippen LogP contribution in [0.4, 0.5) is 10.5 Å². The van der Waals surface area contributed by atoms with Gasteiger partial charge in [-0.1, -0.05) is 12.1 Å². The predicted octanol–water partition coefficient (Wildman–Crippen LogP) is 1.12. The van der Waals surface area contributed by atoms with Crippen molar-refractivity contribution in [3.63, 3.8) is 0 Å². The molecule has 2 aliphatic heterocycles. The molecule has 1 atom stereocenters. The van der Waals surface area contributed by atoms with Crippen molar-refractivity contribution in [1.29, 1.82) is 0 Å². The van der Waals surface area contributed by atoms with Crippen molar-refractivity contribution >= 4 is 21.7 Å². The SMILES string of the molecule is CC1CN(S(C)(=O)=O)CCN1C(=O)Nc1cccc2c1OCC2. The van der Waals surface area contributed by atoms with Crippen LogP contribution in [0.3, 0.4) is 0 Å². The van der Waals surface area contributed by atoms with Gasteiger partial charge in [-0.2, -0.15) is 4.31 Å². The summed E-state index contributed by atoms with van der Waals surface area (Å²) in [5, 5.41) is 2.89. The Kier molecular flexibility index (Phi) is 4.20. The molecule has 8 heteroatoms. The standard InChI is InChI=1S/C15H21N3O4S/c1-11-10-17(23(2,20)21)7-8-18(11)15(19)16-13-5-3-4-12-6-9-22-14(12)13/h3-5,11H,6-10H2,1-2H3,(H,16,19). The molecule has 2 aliphatic rings. The minimum absolute atomic E-state index is 0.184. The van der Waals surface area contributed by atoms with Crippen molar-refractivity contribution < 1.29 is 17.9 Å². The summed E-state index contributed by atoms with van der Waals surface area (Å²) in [5.74, 6) is 0.739. The number of rotatable bonds is 2. The van der Waals surface area contributed by atoms with Crippen molar-refractivity contribution in [2.24, 2.45) is 0 Å². The molecule has 0 aromatic heterocycles. The summed E-state index contributed by atoms with van der Waals surface area (Å²) >= 11 is 0. The molecule has 3 rings (SSSR count). The number of sulfonamides is 1. The predicted molar refractivity (Wildman–Crippen MR) is 87.2 cm³/mol. The highest BCUT2D eigenvalue weighted by Gasteiger charge is 2.32. The maximum Gasteiger partial charge on any atom is 0.322 e. The number of nitrogens with zero attached hydrogens (tertiary/aromatic N) is 2. The van der Waals surface area contributed by atoms with E-state index in [2.05, 4.69) is 5.32 Å². The van der Waals surface area contributed by atoms with Gasteiger partial charge in [0.05, 0.1) is 18.6 Å². The van der Waals surface area contributed by atoms with Crippen LogP contribution < -0.4 is 10.1 Å². The second kappa shape index (κ2) is 6.01. The average molecular weight is 339 g/mol. The lowest BCUT2D eigenvalue weighted by atomic mass is 10.1. The van der Waals surface area contributed by atoms with Crippen LogP contribution in [0, 0.1) is 0 Å². The highest BCUT2D eigenvalue weighted by Crippen LogP contribution is 2.33. The van der Waals surface area contributed by atoms with E-state index < -0.39 is 10.0 Å². The van der Waals surface area contributed by atoms with Crippen molar-refractivity contribution in [2.45, 2.75) is 19.4 Å². The van der Waals surface area contributed by atoms with Gasteiger partial charge >= 0.3 is 6.03 Å². The molecule has 126 valence electrons. The second-order valence-corrected chi connectivity index (χ2v) is 7.97. The topological polar surface area (TPSA) is 79.0 Å². The van der Waals surface area contributed by atoms with Crippen molar-refractivity contribution in [1.82, 2.24) is 9.21 Å². The Hall–Kier alpha value is -1.80. The first-order chi connectivity index (χ1) is 10.9. The number of carbonyl (C=O) groups is 1. The number of benzene rings is 1. The number of carbonyl (C=O) groups excluding carboxylic acids is 1. The second-order valence-electron chi connectivity index (χ2n) is 5.99. The number of hydrogen-bond donors (Lipinski definition) is 1. The van der Waals surface area contributed by atoms with E-state index in [0.29, 0.717) is 31.9 Å². The van der Waals surface area contributed by atoms with E-state index in [0.717, 1.165) is 17.7 Å². The Morgan fingerprint density at radius 1 is 1.35 bits per heavy atom. The van der Waals surface area contributed by atoms with Gasteiger partial charge in [0, 0.05) is 32.1 Å². The molecule has 2 heterocycles. The van der Waals surface area contributed by atoms with Gasteiger partial charge in [-0.15, -0.1) is 0 Å². The molecule has 2 amide bonds. The first-order valence-corrected chi connectivity index (χ1v) is 9.48. The Morgan fingerprint density at radius 3 is 2.83 bits per heavy atom. The zero-order valence-electron chi connectivity index (χ0n) is 13.3. The van der Waals surface area contributed by atoms with Crippen molar-refractivity contribution in [3.05, 3.63) is 23.8 Å². The average Bonchev–Trinajstić information content (AvgIpc) is 2.95. The molecule has 23 heavy (non-hydrogen) atoms. The zero-order chi connectivity index (χ0) is 16.6. The van der Waals surface area contributed by atoms with Gasteiger partial charge in [-0.3, -0.25) is 0 Å². The number of piperazine rings is 1. The third kappa shape index (κ3) is 3.28. The molecule has 1 saturated heterocycles. The Balaban J connectivity index is 1.69. The number of anilines is 1. The van der Waals surface area contributed by atoms with E-state index in [1.54, 1.807) is 4.90 Å². The van der Waals surface area contributed by atoms with E-state index in [9.17, 15) is 13.2 Å². The first kappa shape index (κ1) is 16.1. The number of nitrogens with one attached hydrogen (secondary N) is 1. The molecular formula is C15H21N3O4S. The number of fused-ring (bicyclic) bond motifs is 1. The van der Waals surface area contributed by atoms with Crippen molar-refractivity contribution in [3.8, 4) is 5.75 Å². The van der Waals surface area contributed by atoms with E-state index in [4.69, 9.17) is 4.74 Å². The van der Waals surface area contributed by atoms with Gasteiger partial charge in [0.15, 0.2) is 0 Å². The molecule has 1 aromatic rings. The van der Waals surface area contributed by atoms with Gasteiger partial charge in [-0.05, 0) is 18.6 Å². The van der Waals surface area contributed by atoms with E-state index in [-0.39, 0.29) is 12.1 Å². The first-order valence-electron chi connectivity index (χ1n) is 7.63. The fourth-order valence-electron chi connectivity index (χ4n) is 3.03. The van der Waals surface area contributed by atoms with Crippen LogP contribution in [0.15, 0.2) is 18.2 Å². The van der Waals surface area contributed by atoms with E-state index in [1.165, 1.54) is 10.6 Å². The number of para-hydroxylation sites is 1. The monoisotopic (exact) mass is 339 g/mol. The summed E-state index contributed by atoms with van der Waals surface area (Å²) in [5.41, 5.74) is 1.76. The molecule has 1 N–H and O–H groups in total. The summed E-state index contributed by atoms with van der Waals surface area (Å²) in [4.78, 5) is 14.2. The zero-order valence-corrected chi connectivity index (χ0v) is 14.1. The molecule has 0 bridgehead atoms. The molecule has 1 unspecified atom stereocenters. The largest absolute Gasteiger partial charge is 0.491 e. The molecule has 0 aliphatic carbocycles. The molecule has 0 spiro atoms. The van der Waals surface area contributed by atoms with E-state index >= 15 is 0 Å². The minimum Gasteiger partial charge on any atom is -0.491 e. The molecule has 1 fully saturated rings. The van der Waals surface area contributed by atoms with Crippen LogP contribution >= 0.6 is 0 Å². The fraction of sp³-hybridized carbons (Fsp3) is 0.533. The van der Waals surface area contributed by atoms with Crippen LogP contribution in [-0.2, 0) is 16.4 Å². The smallest absolute Gasteiger partial charge is 0.322 e. The normalized spacial score (nSPS) is 21.7. The van der Waals surface area contributed by atoms with Crippen LogP contribution in [0.5, 0.6) is 5.75 Å². The highest BCUT2D eigenvalue weighted by molar-refractivity contribution is 7.88. The fourth-order valence-corrected chi connectivity index (χ4v) is 3.93. The lowest BCUT2D eigenvalue weighted by Crippen LogP contribution is -2.56. The Bertz CT molecular complexity index is 719. The van der Waals surface area contributed by atoms with Gasteiger partial charge < -0.3 is 15.0 Å². The summed E-state index contributed by atoms with van der Waals surface area (Å²) in [7, 11) is -3.22. The maximum atomic E-state index is 12.5. The summed E-state index contributed by atoms with van der Waals surface area (Å²) in [6.07, 6.45) is 2.04. The number of ether oxygens (including phenoxy) is 1. The Morgan fingerprint density at radius 2 is 2.13 bits per heavy atom. The van der Waals surface area contributed by atoms with Crippen LogP contribution in [0.2, 0.25) is 0 Å². The van der Waals surface area contributed by atoms with Gasteiger partial charge in [0.2, 0.25) is 10.0 Å². The van der Waals surface area contributed by atoms with Gasteiger partial charge in [0.25, 0.3) is 0 Å². The lowest BCUT2D eigenvalue weighted by molar-refractivity contribution is 0.149. The summed E-state index contributed by atoms with van der Waals surface area (Å²) < 4.78 is 30.2. The quantitative estimate of drug-likeness (QED) is 0.876. The number of amides is 2. The Labute approximate surface area is 136 Å². The molecule has 0 saturated carbocycles. The number of hydrogen-bond acceptors (Lipinski definition) is 4. The molecule has 1 aromatic carbocycles. The molecule has 7 nitrogen and oxygen atoms in total. The van der Waals surface area contributed by atoms with Gasteiger partial charge in [-0.25, -0.2) is 13.2 Å². The van der Waals surface area contributed by atoms with Crippen LogP contribution in [0.1, 0.15) is 12.5 Å². The summed E-state index contributed by atoms with van der Waals surface area (Å²) in [6, 6.07) is 5.30. The minimum atomic E-state index is -3.22. The third-order valence-electron chi connectivity index (χ3n) is 4.28. The van der Waals surface area contributed by atoms with Crippen LogP contribution in [-0.4, -0.2) is 62.2 Å². The van der Waals surface area contributed by atoms with Gasteiger partial charge in [0.1, 0.15) is 5.75 Å². The van der Waals surface area contributed by atoms with E-state index in [1.807, 2.05) is 25.1 Å². The molecular weight excluding hydrogens is 318 g/mol. The highest BCUT2D eigenvalue weighted by atomic mass is 32.2.